The first-order valence-electron chi connectivity index (χ1n) is 9.09. The first kappa shape index (κ1) is 18.2. The molecule has 0 radical (unpaired) electrons. The lowest BCUT2D eigenvalue weighted by Gasteiger charge is -2.34. The van der Waals surface area contributed by atoms with Crippen LogP contribution in [0, 0.1) is 6.92 Å². The quantitative estimate of drug-likeness (QED) is 0.831. The van der Waals surface area contributed by atoms with Crippen LogP contribution in [0.1, 0.15) is 28.0 Å². The molecule has 0 saturated carbocycles. The van der Waals surface area contributed by atoms with Crippen LogP contribution in [0.3, 0.4) is 0 Å². The van der Waals surface area contributed by atoms with E-state index in [4.69, 9.17) is 0 Å². The second-order valence-electron chi connectivity index (χ2n) is 6.73. The number of piperazine rings is 1. The summed E-state index contributed by atoms with van der Waals surface area (Å²) in [6.45, 7) is 6.34. The predicted molar refractivity (Wildman–Crippen MR) is 101 cm³/mol. The molecule has 0 aliphatic carbocycles. The van der Waals surface area contributed by atoms with E-state index in [1.54, 1.807) is 12.3 Å². The fraction of sp³-hybridized carbons (Fsp3) is 0.400. The van der Waals surface area contributed by atoms with Gasteiger partial charge in [-0.25, -0.2) is 0 Å². The van der Waals surface area contributed by atoms with Crippen molar-refractivity contribution < 1.29 is 9.59 Å². The Bertz CT molecular complexity index is 717. The third-order valence-electron chi connectivity index (χ3n) is 4.75. The van der Waals surface area contributed by atoms with Gasteiger partial charge in [0.1, 0.15) is 5.69 Å². The molecule has 1 aromatic heterocycles. The molecule has 138 valence electrons. The van der Waals surface area contributed by atoms with Gasteiger partial charge in [0.15, 0.2) is 0 Å². The summed E-state index contributed by atoms with van der Waals surface area (Å²) >= 11 is 0. The average Bonchev–Trinajstić information content (AvgIpc) is 3.20. The van der Waals surface area contributed by atoms with E-state index in [9.17, 15) is 9.59 Å². The fourth-order valence-electron chi connectivity index (χ4n) is 3.06. The van der Waals surface area contributed by atoms with Crippen molar-refractivity contribution in [1.29, 1.82) is 0 Å². The second-order valence-corrected chi connectivity index (χ2v) is 6.73. The van der Waals surface area contributed by atoms with E-state index in [1.807, 2.05) is 30.0 Å². The molecule has 2 N–H and O–H groups in total. The van der Waals surface area contributed by atoms with Gasteiger partial charge in [-0.05, 0) is 24.6 Å². The predicted octanol–water partition coefficient (Wildman–Crippen LogP) is 1.79. The van der Waals surface area contributed by atoms with Crippen LogP contribution in [0.2, 0.25) is 0 Å². The molecule has 6 heteroatoms. The van der Waals surface area contributed by atoms with Gasteiger partial charge in [-0.2, -0.15) is 0 Å². The summed E-state index contributed by atoms with van der Waals surface area (Å²) in [5.74, 6) is 0.112. The highest BCUT2D eigenvalue weighted by atomic mass is 16.2. The Balaban J connectivity index is 1.35. The number of benzene rings is 1. The Labute approximate surface area is 154 Å². The van der Waals surface area contributed by atoms with Crippen molar-refractivity contribution in [3.63, 3.8) is 0 Å². The van der Waals surface area contributed by atoms with Gasteiger partial charge in [0.05, 0.1) is 0 Å². The molecule has 1 saturated heterocycles. The minimum atomic E-state index is 0.0468. The number of aryl methyl sites for hydroxylation is 1. The van der Waals surface area contributed by atoms with Crippen molar-refractivity contribution in [1.82, 2.24) is 20.1 Å². The third-order valence-corrected chi connectivity index (χ3v) is 4.75. The third kappa shape index (κ3) is 4.95. The van der Waals surface area contributed by atoms with Crippen molar-refractivity contribution in [3.05, 3.63) is 59.4 Å². The number of amides is 2. The van der Waals surface area contributed by atoms with Crippen LogP contribution in [0.4, 0.5) is 0 Å². The Morgan fingerprint density at radius 1 is 1.08 bits per heavy atom. The Morgan fingerprint density at radius 3 is 2.46 bits per heavy atom. The minimum Gasteiger partial charge on any atom is -0.357 e. The topological polar surface area (TPSA) is 68.4 Å². The van der Waals surface area contributed by atoms with Gasteiger partial charge in [-0.1, -0.05) is 29.8 Å². The second kappa shape index (κ2) is 8.67. The van der Waals surface area contributed by atoms with Crippen LogP contribution in [-0.4, -0.2) is 59.3 Å². The molecule has 6 nitrogen and oxygen atoms in total. The van der Waals surface area contributed by atoms with Crippen LogP contribution < -0.4 is 5.32 Å². The van der Waals surface area contributed by atoms with Crippen LogP contribution in [0.25, 0.3) is 0 Å². The molecule has 2 amide bonds. The maximum atomic E-state index is 12.3. The summed E-state index contributed by atoms with van der Waals surface area (Å²) in [6, 6.07) is 11.8. The van der Waals surface area contributed by atoms with Crippen LogP contribution in [0.5, 0.6) is 0 Å². The summed E-state index contributed by atoms with van der Waals surface area (Å²) in [4.78, 5) is 31.4. The van der Waals surface area contributed by atoms with Crippen molar-refractivity contribution >= 4 is 11.8 Å². The molecule has 1 aliphatic rings. The molecular formula is C20H26N4O2. The number of H-pyrrole nitrogens is 1. The molecule has 1 fully saturated rings. The summed E-state index contributed by atoms with van der Waals surface area (Å²) in [5.41, 5.74) is 2.96. The van der Waals surface area contributed by atoms with Crippen LogP contribution in [-0.2, 0) is 11.3 Å². The molecule has 26 heavy (non-hydrogen) atoms. The van der Waals surface area contributed by atoms with E-state index in [1.165, 1.54) is 5.56 Å². The lowest BCUT2D eigenvalue weighted by atomic mass is 10.1. The van der Waals surface area contributed by atoms with Crippen LogP contribution in [0.15, 0.2) is 42.6 Å². The van der Waals surface area contributed by atoms with Crippen molar-refractivity contribution in [2.24, 2.45) is 0 Å². The fourth-order valence-corrected chi connectivity index (χ4v) is 3.06. The zero-order valence-corrected chi connectivity index (χ0v) is 15.2. The molecule has 0 bridgehead atoms. The van der Waals surface area contributed by atoms with Gasteiger partial charge in [0, 0.05) is 51.9 Å². The van der Waals surface area contributed by atoms with Gasteiger partial charge in [-0.3, -0.25) is 14.5 Å². The number of nitrogens with one attached hydrogen (secondary N) is 2. The number of nitrogens with zero attached hydrogens (tertiary/aromatic N) is 2. The molecule has 2 aromatic rings. The number of aromatic amines is 1. The number of hydrogen-bond acceptors (Lipinski definition) is 3. The van der Waals surface area contributed by atoms with Gasteiger partial charge >= 0.3 is 0 Å². The Kier molecular flexibility index (Phi) is 6.07. The zero-order valence-electron chi connectivity index (χ0n) is 15.2. The van der Waals surface area contributed by atoms with E-state index >= 15 is 0 Å². The number of rotatable bonds is 6. The molecule has 2 heterocycles. The lowest BCUT2D eigenvalue weighted by Crippen LogP contribution is -2.49. The standard InChI is InChI=1S/C20H26N4O2/c1-16-4-6-17(7-5-16)15-22-19(25)8-10-23-11-13-24(14-12-23)20(26)18-3-2-9-21-18/h2-7,9,21H,8,10-15H2,1H3,(H,22,25). The minimum absolute atomic E-state index is 0.0468. The highest BCUT2D eigenvalue weighted by Crippen LogP contribution is 2.08. The number of carbonyl (C=O) groups excluding carboxylic acids is 2. The smallest absolute Gasteiger partial charge is 0.270 e. The summed E-state index contributed by atoms with van der Waals surface area (Å²) < 4.78 is 0. The van der Waals surface area contributed by atoms with Crippen molar-refractivity contribution in [3.8, 4) is 0 Å². The van der Waals surface area contributed by atoms with E-state index < -0.39 is 0 Å². The molecule has 0 atom stereocenters. The Hall–Kier alpha value is -2.60. The van der Waals surface area contributed by atoms with E-state index in [-0.39, 0.29) is 11.8 Å². The molecule has 0 spiro atoms. The maximum Gasteiger partial charge on any atom is 0.270 e. The van der Waals surface area contributed by atoms with Crippen molar-refractivity contribution in [2.75, 3.05) is 32.7 Å². The van der Waals surface area contributed by atoms with Gasteiger partial charge in [-0.15, -0.1) is 0 Å². The SMILES string of the molecule is Cc1ccc(CNC(=O)CCN2CCN(C(=O)c3ccc[nH]3)CC2)cc1. The largest absolute Gasteiger partial charge is 0.357 e. The number of carbonyl (C=O) groups is 2. The van der Waals surface area contributed by atoms with E-state index in [2.05, 4.69) is 27.3 Å². The van der Waals surface area contributed by atoms with E-state index in [0.29, 0.717) is 31.7 Å². The summed E-state index contributed by atoms with van der Waals surface area (Å²) in [5, 5.41) is 2.97. The highest BCUT2D eigenvalue weighted by Gasteiger charge is 2.22. The van der Waals surface area contributed by atoms with Gasteiger partial charge in [0.2, 0.25) is 5.91 Å². The number of aromatic nitrogens is 1. The average molecular weight is 354 g/mol. The highest BCUT2D eigenvalue weighted by molar-refractivity contribution is 5.92. The summed E-state index contributed by atoms with van der Waals surface area (Å²) in [6.07, 6.45) is 2.25. The van der Waals surface area contributed by atoms with Gasteiger partial charge < -0.3 is 15.2 Å². The molecule has 1 aromatic carbocycles. The van der Waals surface area contributed by atoms with Gasteiger partial charge in [0.25, 0.3) is 5.91 Å². The first-order chi connectivity index (χ1) is 12.6. The molecule has 0 unspecified atom stereocenters. The Morgan fingerprint density at radius 2 is 1.81 bits per heavy atom. The number of hydrogen-bond donors (Lipinski definition) is 2. The zero-order chi connectivity index (χ0) is 18.4. The molecule has 1 aliphatic heterocycles. The monoisotopic (exact) mass is 354 g/mol. The van der Waals surface area contributed by atoms with Crippen LogP contribution >= 0.6 is 0 Å². The van der Waals surface area contributed by atoms with E-state index in [0.717, 1.165) is 25.2 Å². The van der Waals surface area contributed by atoms with Crippen molar-refractivity contribution in [2.45, 2.75) is 19.9 Å². The maximum absolute atomic E-state index is 12.3. The lowest BCUT2D eigenvalue weighted by molar-refractivity contribution is -0.121. The first-order valence-corrected chi connectivity index (χ1v) is 9.09. The molecule has 3 rings (SSSR count). The normalized spacial score (nSPS) is 15.0. The molecular weight excluding hydrogens is 328 g/mol. The summed E-state index contributed by atoms with van der Waals surface area (Å²) in [7, 11) is 0.